The molecule has 4 aliphatic rings. The van der Waals surface area contributed by atoms with Crippen LogP contribution in [0.1, 0.15) is 94.6 Å². The molecule has 4 aliphatic heterocycles. The zero-order valence-corrected chi connectivity index (χ0v) is 45.9. The van der Waals surface area contributed by atoms with Crippen LogP contribution < -0.4 is 42.5 Å². The smallest absolute Gasteiger partial charge is 0.247 e. The molecule has 1 unspecified atom stereocenters. The third kappa shape index (κ3) is 13.2. The van der Waals surface area contributed by atoms with Crippen molar-refractivity contribution in [2.75, 3.05) is 32.1 Å². The molecule has 6 amide bonds. The van der Waals surface area contributed by atoms with Crippen molar-refractivity contribution in [3.05, 3.63) is 107 Å². The van der Waals surface area contributed by atoms with Gasteiger partial charge in [0.15, 0.2) is 0 Å². The topological polar surface area (TPSA) is 205 Å². The first-order chi connectivity index (χ1) is 34.8. The number of thiocarbonyl (C=S) groups is 2. The molecular formula is C53H70N10O6S4. The SMILES string of the molecule is CNCC(=S)N[C@H]1CCS[C@H]2CC(C)(C)C(C(=O)N[C@H](C(=O)NCc3ccc(CNC(=O)[C@@H](NC(=O)[C@H]4N5C(=O)[C@@H](NC(=S)[C@H](C)NC)CCS[C@H]5CC4(C)C)c4ccccc4)cc3)c3ccccc3)N2C1=O. The third-order valence-electron chi connectivity index (χ3n) is 14.2. The van der Waals surface area contributed by atoms with Crippen molar-refractivity contribution in [3.8, 4) is 0 Å². The quantitative estimate of drug-likeness (QED) is 0.0842. The molecule has 16 nitrogen and oxygen atoms in total. The van der Waals surface area contributed by atoms with Crippen LogP contribution in [0.5, 0.6) is 0 Å². The Morgan fingerprint density at radius 3 is 1.45 bits per heavy atom. The summed E-state index contributed by atoms with van der Waals surface area (Å²) in [6.07, 6.45) is 2.38. The first kappa shape index (κ1) is 55.6. The van der Waals surface area contributed by atoms with Crippen LogP contribution in [0.2, 0.25) is 0 Å². The summed E-state index contributed by atoms with van der Waals surface area (Å²) < 4.78 is 0. The highest BCUT2D eigenvalue weighted by Gasteiger charge is 2.56. The minimum atomic E-state index is -1.05. The van der Waals surface area contributed by atoms with Gasteiger partial charge >= 0.3 is 0 Å². The molecule has 3 aromatic rings. The van der Waals surface area contributed by atoms with Crippen molar-refractivity contribution in [1.29, 1.82) is 0 Å². The summed E-state index contributed by atoms with van der Waals surface area (Å²) in [7, 11) is 3.59. The molecule has 0 spiro atoms. The molecule has 0 radical (unpaired) electrons. The predicted octanol–water partition coefficient (Wildman–Crippen LogP) is 4.21. The van der Waals surface area contributed by atoms with Crippen LogP contribution in [-0.2, 0) is 41.9 Å². The van der Waals surface area contributed by atoms with Crippen molar-refractivity contribution in [2.45, 2.75) is 126 Å². The van der Waals surface area contributed by atoms with Gasteiger partial charge in [0.25, 0.3) is 0 Å². The third-order valence-corrected chi connectivity index (χ3v) is 17.5. The molecule has 392 valence electrons. The van der Waals surface area contributed by atoms with Gasteiger partial charge in [0.05, 0.1) is 26.8 Å². The monoisotopic (exact) mass is 1070 g/mol. The average molecular weight is 1070 g/mol. The molecule has 0 aliphatic carbocycles. The Bertz CT molecular complexity index is 2500. The molecule has 9 atom stereocenters. The number of amides is 6. The average Bonchev–Trinajstić information content (AvgIpc) is 3.69. The highest BCUT2D eigenvalue weighted by atomic mass is 32.2. The number of nitrogens with one attached hydrogen (secondary N) is 8. The summed E-state index contributed by atoms with van der Waals surface area (Å²) in [5, 5.41) is 24.3. The predicted molar refractivity (Wildman–Crippen MR) is 296 cm³/mol. The highest BCUT2D eigenvalue weighted by molar-refractivity contribution is 8.00. The summed E-state index contributed by atoms with van der Waals surface area (Å²) in [5.41, 5.74) is 1.60. The van der Waals surface area contributed by atoms with Crippen LogP contribution in [0.15, 0.2) is 84.9 Å². The fourth-order valence-corrected chi connectivity index (χ4v) is 13.9. The van der Waals surface area contributed by atoms with Crippen LogP contribution in [0.25, 0.3) is 0 Å². The maximum atomic E-state index is 14.5. The molecule has 0 aromatic heterocycles. The van der Waals surface area contributed by atoms with Crippen molar-refractivity contribution in [2.24, 2.45) is 10.8 Å². The van der Waals surface area contributed by atoms with E-state index in [1.165, 1.54) is 0 Å². The van der Waals surface area contributed by atoms with E-state index < -0.39 is 70.7 Å². The van der Waals surface area contributed by atoms with Gasteiger partial charge in [0.1, 0.15) is 36.3 Å². The summed E-state index contributed by atoms with van der Waals surface area (Å²) in [5.74, 6) is -0.557. The van der Waals surface area contributed by atoms with Gasteiger partial charge in [-0.25, -0.2) is 0 Å². The standard InChI is InChI=1S/C53H70N10O6S4/c1-31(55-7)49(71)59-37-23-25-73-40-27-53(4,5)44(63(40)51(37)69)48(67)61-42(35-16-12-9-13-17-35)46(65)57-29-33-20-18-32(19-21-33)28-56-45(64)41(34-14-10-8-11-15-34)60-47(66)43-52(2,3)26-39-62(43)50(68)36(22-24-72-39)58-38(70)30-54-6/h8-21,31,36-37,39-44,54-55H,22-30H2,1-7H3,(H,56,64)(H,57,65)(H,58,70)(H,59,71)(H,60,66)(H,61,67)/t31-,36-,37-,39-,40-,41-,42-,43?,44+/m0/s1. The number of hydrogen-bond acceptors (Lipinski definition) is 12. The molecule has 4 fully saturated rings. The van der Waals surface area contributed by atoms with Gasteiger partial charge in [0.2, 0.25) is 35.4 Å². The van der Waals surface area contributed by atoms with E-state index in [1.54, 1.807) is 71.7 Å². The van der Waals surface area contributed by atoms with Crippen LogP contribution in [-0.4, -0.2) is 128 Å². The minimum absolute atomic E-state index is 0.134. The Hall–Kier alpha value is -5.12. The largest absolute Gasteiger partial charge is 0.367 e. The first-order valence-electron chi connectivity index (χ1n) is 25.0. The lowest BCUT2D eigenvalue weighted by Crippen LogP contribution is -2.58. The Kier molecular flexibility index (Phi) is 18.7. The number of nitrogens with zero attached hydrogens (tertiary/aromatic N) is 2. The first-order valence-corrected chi connectivity index (χ1v) is 27.9. The molecule has 3 aromatic carbocycles. The van der Waals surface area contributed by atoms with Crippen molar-refractivity contribution in [3.63, 3.8) is 0 Å². The van der Waals surface area contributed by atoms with E-state index in [4.69, 9.17) is 24.4 Å². The van der Waals surface area contributed by atoms with E-state index in [9.17, 15) is 28.8 Å². The van der Waals surface area contributed by atoms with E-state index >= 15 is 0 Å². The van der Waals surface area contributed by atoms with Gasteiger partial charge in [-0.15, -0.1) is 23.5 Å². The van der Waals surface area contributed by atoms with Crippen LogP contribution in [0.4, 0.5) is 0 Å². The maximum absolute atomic E-state index is 14.5. The Morgan fingerprint density at radius 2 is 1.05 bits per heavy atom. The molecule has 8 N–H and O–H groups in total. The van der Waals surface area contributed by atoms with Crippen LogP contribution >= 0.6 is 48.0 Å². The second-order valence-corrected chi connectivity index (χ2v) is 24.1. The van der Waals surface area contributed by atoms with Gasteiger partial charge in [-0.2, -0.15) is 0 Å². The zero-order valence-electron chi connectivity index (χ0n) is 42.6. The molecule has 7 rings (SSSR count). The Labute approximate surface area is 448 Å². The number of carbonyl (C=O) groups excluding carboxylic acids is 6. The summed E-state index contributed by atoms with van der Waals surface area (Å²) in [4.78, 5) is 90.2. The fourth-order valence-electron chi connectivity index (χ4n) is 10.2. The number of fused-ring (bicyclic) bond motifs is 2. The molecular weight excluding hydrogens is 1000 g/mol. The maximum Gasteiger partial charge on any atom is 0.247 e. The van der Waals surface area contributed by atoms with Crippen molar-refractivity contribution >= 4 is 93.4 Å². The molecule has 4 heterocycles. The van der Waals surface area contributed by atoms with Crippen molar-refractivity contribution in [1.82, 2.24) is 52.3 Å². The number of likely N-dealkylation sites (N-methyl/N-ethyl adjacent to an activating group) is 2. The van der Waals surface area contributed by atoms with Gasteiger partial charge in [-0.3, -0.25) is 28.8 Å². The molecule has 73 heavy (non-hydrogen) atoms. The van der Waals surface area contributed by atoms with E-state index in [0.717, 1.165) is 22.6 Å². The Balaban J connectivity index is 0.993. The van der Waals surface area contributed by atoms with E-state index in [-0.39, 0.29) is 41.7 Å². The number of hydrogen-bond donors (Lipinski definition) is 8. The van der Waals surface area contributed by atoms with E-state index in [0.29, 0.717) is 53.3 Å². The normalized spacial score (nSPS) is 24.3. The Morgan fingerprint density at radius 1 is 0.644 bits per heavy atom. The molecule has 20 heteroatoms. The molecule has 0 bridgehead atoms. The zero-order chi connectivity index (χ0) is 52.6. The van der Waals surface area contributed by atoms with Gasteiger partial charge in [0, 0.05) is 19.6 Å². The lowest BCUT2D eigenvalue weighted by molar-refractivity contribution is -0.143. The second-order valence-electron chi connectivity index (χ2n) is 20.6. The van der Waals surface area contributed by atoms with Gasteiger partial charge in [-0.1, -0.05) is 137 Å². The fraction of sp³-hybridized carbons (Fsp3) is 0.509. The highest BCUT2D eigenvalue weighted by Crippen LogP contribution is 2.48. The number of thioether (sulfide) groups is 2. The van der Waals surface area contributed by atoms with Gasteiger partial charge < -0.3 is 52.3 Å². The van der Waals surface area contributed by atoms with Crippen molar-refractivity contribution < 1.29 is 28.8 Å². The summed E-state index contributed by atoms with van der Waals surface area (Å²) in [6, 6.07) is 20.5. The lowest BCUT2D eigenvalue weighted by Gasteiger charge is -2.35. The number of benzene rings is 3. The summed E-state index contributed by atoms with van der Waals surface area (Å²) in [6.45, 7) is 10.6. The van der Waals surface area contributed by atoms with Gasteiger partial charge in [-0.05, 0) is 91.3 Å². The van der Waals surface area contributed by atoms with Crippen LogP contribution in [0, 0.1) is 10.8 Å². The van der Waals surface area contributed by atoms with Crippen LogP contribution in [0.3, 0.4) is 0 Å². The van der Waals surface area contributed by atoms with E-state index in [2.05, 4.69) is 42.5 Å². The number of carbonyl (C=O) groups is 6. The lowest BCUT2D eigenvalue weighted by atomic mass is 9.83. The second kappa shape index (κ2) is 24.5. The number of rotatable bonds is 18. The molecule has 4 saturated heterocycles. The van der Waals surface area contributed by atoms with E-state index in [1.807, 2.05) is 95.3 Å². The molecule has 0 saturated carbocycles. The minimum Gasteiger partial charge on any atom is -0.367 e. The summed E-state index contributed by atoms with van der Waals surface area (Å²) >= 11 is 14.4.